The van der Waals surface area contributed by atoms with E-state index >= 15 is 0 Å². The van der Waals surface area contributed by atoms with E-state index in [-0.39, 0.29) is 12.5 Å². The van der Waals surface area contributed by atoms with Crippen LogP contribution in [0.2, 0.25) is 5.02 Å². The van der Waals surface area contributed by atoms with Gasteiger partial charge in [0.1, 0.15) is 6.61 Å². The Balaban J connectivity index is 1.46. The summed E-state index contributed by atoms with van der Waals surface area (Å²) in [7, 11) is 0. The third-order valence-electron chi connectivity index (χ3n) is 4.62. The number of ether oxygens (including phenoxy) is 1. The molecule has 0 spiro atoms. The largest absolute Gasteiger partial charge is 0.444 e. The molecule has 1 atom stereocenters. The lowest BCUT2D eigenvalue weighted by Gasteiger charge is -2.16. The van der Waals surface area contributed by atoms with Gasteiger partial charge in [-0.1, -0.05) is 42.8 Å². The molecule has 0 unspecified atom stereocenters. The van der Waals surface area contributed by atoms with Crippen molar-refractivity contribution in [3.05, 3.63) is 64.7 Å². The first-order chi connectivity index (χ1) is 13.0. The van der Waals surface area contributed by atoms with E-state index in [2.05, 4.69) is 12.2 Å². The van der Waals surface area contributed by atoms with Crippen LogP contribution in [-0.2, 0) is 22.6 Å². The minimum absolute atomic E-state index is 0.155. The Morgan fingerprint density at radius 1 is 1.11 bits per heavy atom. The minimum Gasteiger partial charge on any atom is -0.444 e. The molecule has 0 aliphatic carbocycles. The van der Waals surface area contributed by atoms with Gasteiger partial charge >= 0.3 is 6.09 Å². The summed E-state index contributed by atoms with van der Waals surface area (Å²) in [6.45, 7) is 4.03. The van der Waals surface area contributed by atoms with E-state index in [1.54, 1.807) is 24.3 Å². The smallest absolute Gasteiger partial charge is 0.411 e. The second-order valence-corrected chi connectivity index (χ2v) is 7.37. The van der Waals surface area contributed by atoms with Crippen LogP contribution in [-0.4, -0.2) is 30.0 Å². The Bertz CT molecular complexity index is 790. The van der Waals surface area contributed by atoms with Crippen LogP contribution in [0.5, 0.6) is 0 Å². The summed E-state index contributed by atoms with van der Waals surface area (Å²) in [6.07, 6.45) is 0.931. The maximum Gasteiger partial charge on any atom is 0.411 e. The van der Waals surface area contributed by atoms with Gasteiger partial charge in [-0.2, -0.15) is 0 Å². The topological polar surface area (TPSA) is 58.6 Å². The predicted molar refractivity (Wildman–Crippen MR) is 106 cm³/mol. The highest BCUT2D eigenvalue weighted by molar-refractivity contribution is 6.30. The summed E-state index contributed by atoms with van der Waals surface area (Å²) in [5.41, 5.74) is 2.42. The zero-order chi connectivity index (χ0) is 19.2. The van der Waals surface area contributed by atoms with Crippen LogP contribution in [0.3, 0.4) is 0 Å². The summed E-state index contributed by atoms with van der Waals surface area (Å²) in [5, 5.41) is 3.32. The summed E-state index contributed by atoms with van der Waals surface area (Å²) in [5.74, 6) is 0.738. The molecule has 0 radical (unpaired) electrons. The fraction of sp³-hybridized carbons (Fsp3) is 0.333. The molecule has 27 heavy (non-hydrogen) atoms. The zero-order valence-electron chi connectivity index (χ0n) is 15.3. The van der Waals surface area contributed by atoms with Gasteiger partial charge in [-0.3, -0.25) is 10.1 Å². The average molecular weight is 387 g/mol. The second-order valence-electron chi connectivity index (χ2n) is 6.93. The van der Waals surface area contributed by atoms with E-state index in [9.17, 15) is 9.59 Å². The van der Waals surface area contributed by atoms with Crippen molar-refractivity contribution < 1.29 is 14.3 Å². The number of rotatable bonds is 5. The van der Waals surface area contributed by atoms with Gasteiger partial charge in [0.05, 0.1) is 6.42 Å². The van der Waals surface area contributed by atoms with Crippen molar-refractivity contribution >= 4 is 29.3 Å². The number of nitrogens with one attached hydrogen (secondary N) is 1. The van der Waals surface area contributed by atoms with E-state index < -0.39 is 6.09 Å². The molecule has 6 heteroatoms. The van der Waals surface area contributed by atoms with Crippen molar-refractivity contribution in [2.24, 2.45) is 5.92 Å². The third-order valence-corrected chi connectivity index (χ3v) is 4.87. The van der Waals surface area contributed by atoms with Crippen molar-refractivity contribution in [3.63, 3.8) is 0 Å². The number of hydrogen-bond donors (Lipinski definition) is 1. The van der Waals surface area contributed by atoms with Gasteiger partial charge in [0.2, 0.25) is 5.91 Å². The molecule has 0 aromatic heterocycles. The fourth-order valence-corrected chi connectivity index (χ4v) is 3.16. The molecule has 5 nitrogen and oxygen atoms in total. The predicted octanol–water partition coefficient (Wildman–Crippen LogP) is 4.50. The third kappa shape index (κ3) is 5.73. The molecule has 0 saturated carbocycles. The maximum atomic E-state index is 12.3. The first-order valence-corrected chi connectivity index (χ1v) is 9.42. The number of likely N-dealkylation sites (tertiary alicyclic amines) is 1. The molecular weight excluding hydrogens is 364 g/mol. The molecule has 2 amide bonds. The molecule has 2 aromatic carbocycles. The van der Waals surface area contributed by atoms with Gasteiger partial charge in [0, 0.05) is 23.8 Å². The van der Waals surface area contributed by atoms with Gasteiger partial charge in [-0.05, 0) is 47.7 Å². The summed E-state index contributed by atoms with van der Waals surface area (Å²) in [4.78, 5) is 26.1. The van der Waals surface area contributed by atoms with Crippen LogP contribution in [0, 0.1) is 5.92 Å². The fourth-order valence-electron chi connectivity index (χ4n) is 3.04. The molecule has 1 N–H and O–H groups in total. The minimum atomic E-state index is -0.528. The molecular formula is C21H23ClN2O3. The summed E-state index contributed by atoms with van der Waals surface area (Å²) in [6, 6.07) is 14.4. The van der Waals surface area contributed by atoms with Crippen LogP contribution in [0.1, 0.15) is 24.5 Å². The highest BCUT2D eigenvalue weighted by Crippen LogP contribution is 2.17. The Labute approximate surface area is 164 Å². The number of carbonyl (C=O) groups excluding carboxylic acids is 2. The van der Waals surface area contributed by atoms with Crippen LogP contribution in [0.4, 0.5) is 10.5 Å². The SMILES string of the molecule is C[C@H]1CCN(C(=O)Cc2ccc(NC(=O)OCc3ccc(Cl)cc3)cc2)C1. The van der Waals surface area contributed by atoms with E-state index in [1.807, 2.05) is 29.2 Å². The number of hydrogen-bond acceptors (Lipinski definition) is 3. The highest BCUT2D eigenvalue weighted by Gasteiger charge is 2.22. The number of benzene rings is 2. The first kappa shape index (κ1) is 19.2. The number of anilines is 1. The number of nitrogens with zero attached hydrogens (tertiary/aromatic N) is 1. The van der Waals surface area contributed by atoms with Gasteiger partial charge in [-0.15, -0.1) is 0 Å². The van der Waals surface area contributed by atoms with Gasteiger partial charge in [0.25, 0.3) is 0 Å². The van der Waals surface area contributed by atoms with Gasteiger partial charge in [0.15, 0.2) is 0 Å². The molecule has 1 aliphatic rings. The molecule has 0 bridgehead atoms. The Hall–Kier alpha value is -2.53. The van der Waals surface area contributed by atoms with E-state index in [4.69, 9.17) is 16.3 Å². The lowest BCUT2D eigenvalue weighted by molar-refractivity contribution is -0.129. The highest BCUT2D eigenvalue weighted by atomic mass is 35.5. The Morgan fingerprint density at radius 2 is 1.78 bits per heavy atom. The van der Waals surface area contributed by atoms with E-state index in [0.717, 1.165) is 30.6 Å². The second kappa shape index (κ2) is 8.91. The van der Waals surface area contributed by atoms with E-state index in [1.165, 1.54) is 0 Å². The van der Waals surface area contributed by atoms with Crippen LogP contribution < -0.4 is 5.32 Å². The van der Waals surface area contributed by atoms with Crippen LogP contribution in [0.25, 0.3) is 0 Å². The standard InChI is InChI=1S/C21H23ClN2O3/c1-15-10-11-24(13-15)20(25)12-16-4-8-19(9-5-16)23-21(26)27-14-17-2-6-18(22)7-3-17/h2-9,15H,10-14H2,1H3,(H,23,26)/t15-/m0/s1. The zero-order valence-corrected chi connectivity index (χ0v) is 16.0. The molecule has 2 aromatic rings. The molecule has 3 rings (SSSR count). The summed E-state index contributed by atoms with van der Waals surface area (Å²) < 4.78 is 5.19. The molecule has 1 aliphatic heterocycles. The number of amides is 2. The van der Waals surface area contributed by atoms with Crippen LogP contribution in [0.15, 0.2) is 48.5 Å². The molecule has 1 heterocycles. The monoisotopic (exact) mass is 386 g/mol. The maximum absolute atomic E-state index is 12.3. The van der Waals surface area contributed by atoms with Crippen molar-refractivity contribution in [2.75, 3.05) is 18.4 Å². The lowest BCUT2D eigenvalue weighted by Crippen LogP contribution is -2.29. The molecule has 1 saturated heterocycles. The lowest BCUT2D eigenvalue weighted by atomic mass is 10.1. The van der Waals surface area contributed by atoms with Crippen molar-refractivity contribution in [2.45, 2.75) is 26.4 Å². The Kier molecular flexibility index (Phi) is 6.35. The van der Waals surface area contributed by atoms with Crippen LogP contribution >= 0.6 is 11.6 Å². The normalized spacial score (nSPS) is 16.2. The quantitative estimate of drug-likeness (QED) is 0.823. The first-order valence-electron chi connectivity index (χ1n) is 9.04. The van der Waals surface area contributed by atoms with Gasteiger partial charge < -0.3 is 9.64 Å². The molecule has 1 fully saturated rings. The number of carbonyl (C=O) groups is 2. The number of halogens is 1. The summed E-state index contributed by atoms with van der Waals surface area (Å²) >= 11 is 5.83. The van der Waals surface area contributed by atoms with E-state index in [0.29, 0.717) is 23.0 Å². The van der Waals surface area contributed by atoms with Gasteiger partial charge in [-0.25, -0.2) is 4.79 Å². The molecule has 142 valence electrons. The average Bonchev–Trinajstić information content (AvgIpc) is 3.09. The van der Waals surface area contributed by atoms with Crippen molar-refractivity contribution in [1.82, 2.24) is 4.90 Å². The Morgan fingerprint density at radius 3 is 2.41 bits per heavy atom. The van der Waals surface area contributed by atoms with Crippen molar-refractivity contribution in [3.8, 4) is 0 Å². The van der Waals surface area contributed by atoms with Crippen molar-refractivity contribution in [1.29, 1.82) is 0 Å².